The number of rotatable bonds is 5. The van der Waals surface area contributed by atoms with E-state index < -0.39 is 17.6 Å². The Morgan fingerprint density at radius 2 is 2.00 bits per heavy atom. The number of aryl methyl sites for hydroxylation is 1. The van der Waals surface area contributed by atoms with Crippen LogP contribution in [-0.2, 0) is 22.7 Å². The number of amides is 4. The fourth-order valence-corrected chi connectivity index (χ4v) is 4.35. The van der Waals surface area contributed by atoms with E-state index in [1.165, 1.54) is 0 Å². The molecule has 1 aromatic carbocycles. The van der Waals surface area contributed by atoms with Gasteiger partial charge >= 0.3 is 6.03 Å². The number of carbonyl (C=O) groups is 3. The number of benzene rings is 1. The highest BCUT2D eigenvalue weighted by Gasteiger charge is 2.54. The topological polar surface area (TPSA) is 96.3 Å². The highest BCUT2D eigenvalue weighted by atomic mass is 16.2. The molecule has 1 atom stereocenters. The first kappa shape index (κ1) is 18.5. The van der Waals surface area contributed by atoms with Crippen LogP contribution in [0.5, 0.6) is 0 Å². The molecule has 2 aliphatic rings. The van der Waals surface area contributed by atoms with E-state index in [4.69, 9.17) is 0 Å². The number of para-hydroxylation sites is 2. The van der Waals surface area contributed by atoms with E-state index in [2.05, 4.69) is 15.6 Å². The lowest BCUT2D eigenvalue weighted by Gasteiger charge is -2.23. The minimum Gasteiger partial charge on any atom is -0.347 e. The van der Waals surface area contributed by atoms with Crippen LogP contribution in [0.2, 0.25) is 0 Å². The Kier molecular flexibility index (Phi) is 4.56. The van der Waals surface area contributed by atoms with Gasteiger partial charge in [0.05, 0.1) is 17.6 Å². The first-order chi connectivity index (χ1) is 13.5. The van der Waals surface area contributed by atoms with Crippen LogP contribution in [0.15, 0.2) is 24.3 Å². The molecule has 2 fully saturated rings. The predicted molar refractivity (Wildman–Crippen MR) is 103 cm³/mol. The Labute approximate surface area is 163 Å². The minimum atomic E-state index is -0.869. The van der Waals surface area contributed by atoms with Crippen LogP contribution in [0.3, 0.4) is 0 Å². The van der Waals surface area contributed by atoms with E-state index >= 15 is 0 Å². The predicted octanol–water partition coefficient (Wildman–Crippen LogP) is 1.93. The number of imide groups is 1. The Morgan fingerprint density at radius 3 is 2.71 bits per heavy atom. The fraction of sp³-hybridized carbons (Fsp3) is 0.500. The largest absolute Gasteiger partial charge is 0.347 e. The number of hydrogen-bond donors (Lipinski definition) is 2. The number of nitrogens with zero attached hydrogens (tertiary/aromatic N) is 3. The van der Waals surface area contributed by atoms with Crippen molar-refractivity contribution in [1.29, 1.82) is 0 Å². The summed E-state index contributed by atoms with van der Waals surface area (Å²) < 4.78 is 2.04. The van der Waals surface area contributed by atoms with E-state index in [1.54, 1.807) is 6.92 Å². The molecule has 148 valence electrons. The summed E-state index contributed by atoms with van der Waals surface area (Å²) >= 11 is 0. The molecule has 4 amide bonds. The first-order valence-electron chi connectivity index (χ1n) is 9.84. The molecule has 0 radical (unpaired) electrons. The number of aromatic nitrogens is 2. The zero-order chi connectivity index (χ0) is 19.9. The van der Waals surface area contributed by atoms with Crippen LogP contribution in [0.1, 0.15) is 45.4 Å². The zero-order valence-corrected chi connectivity index (χ0v) is 16.2. The van der Waals surface area contributed by atoms with Gasteiger partial charge < -0.3 is 15.2 Å². The standard InChI is InChI=1S/C20H25N5O3/c1-3-24-15-9-5-4-8-14(15)22-16(24)12-21-17(26)13(2)25-18(27)20(23-19(25)28)10-6-7-11-20/h4-5,8-9,13H,3,6-7,10-12H2,1-2H3,(H,21,26)(H,23,28). The lowest BCUT2D eigenvalue weighted by molar-refractivity contribution is -0.137. The normalized spacial score (nSPS) is 19.4. The van der Waals surface area contributed by atoms with Crippen molar-refractivity contribution in [3.05, 3.63) is 30.1 Å². The van der Waals surface area contributed by atoms with Gasteiger partial charge in [0.25, 0.3) is 5.91 Å². The maximum atomic E-state index is 12.8. The number of fused-ring (bicyclic) bond motifs is 1. The van der Waals surface area contributed by atoms with Gasteiger partial charge in [-0.2, -0.15) is 0 Å². The summed E-state index contributed by atoms with van der Waals surface area (Å²) in [5.74, 6) is 0.0976. The third kappa shape index (κ3) is 2.83. The molecule has 2 aromatic rings. The van der Waals surface area contributed by atoms with Crippen LogP contribution in [0, 0.1) is 0 Å². The van der Waals surface area contributed by atoms with Crippen LogP contribution >= 0.6 is 0 Å². The van der Waals surface area contributed by atoms with Crippen molar-refractivity contribution in [3.8, 4) is 0 Å². The molecule has 1 spiro atoms. The molecule has 8 nitrogen and oxygen atoms in total. The van der Waals surface area contributed by atoms with E-state index in [9.17, 15) is 14.4 Å². The maximum Gasteiger partial charge on any atom is 0.325 e. The van der Waals surface area contributed by atoms with E-state index in [1.807, 2.05) is 35.8 Å². The van der Waals surface area contributed by atoms with Crippen molar-refractivity contribution in [2.75, 3.05) is 0 Å². The van der Waals surface area contributed by atoms with Gasteiger partial charge in [0.1, 0.15) is 17.4 Å². The van der Waals surface area contributed by atoms with Gasteiger partial charge in [0, 0.05) is 6.54 Å². The molecule has 1 aromatic heterocycles. The van der Waals surface area contributed by atoms with Gasteiger partial charge in [-0.25, -0.2) is 14.7 Å². The number of imidazole rings is 1. The summed E-state index contributed by atoms with van der Waals surface area (Å²) in [5.41, 5.74) is 1.08. The molecule has 1 saturated carbocycles. The molecule has 28 heavy (non-hydrogen) atoms. The van der Waals surface area contributed by atoms with E-state index in [0.717, 1.165) is 41.1 Å². The summed E-state index contributed by atoms with van der Waals surface area (Å²) in [6, 6.07) is 6.47. The molecule has 1 aliphatic carbocycles. The molecule has 1 aliphatic heterocycles. The van der Waals surface area contributed by atoms with Gasteiger partial charge in [-0.1, -0.05) is 25.0 Å². The summed E-state index contributed by atoms with van der Waals surface area (Å²) in [7, 11) is 0. The molecular weight excluding hydrogens is 358 g/mol. The summed E-state index contributed by atoms with van der Waals surface area (Å²) in [6.07, 6.45) is 3.10. The smallest absolute Gasteiger partial charge is 0.325 e. The molecule has 2 N–H and O–H groups in total. The van der Waals surface area contributed by atoms with Crippen molar-refractivity contribution in [2.45, 2.75) is 64.2 Å². The second-order valence-corrected chi connectivity index (χ2v) is 7.55. The molecule has 8 heteroatoms. The lowest BCUT2D eigenvalue weighted by Crippen LogP contribution is -2.49. The summed E-state index contributed by atoms with van der Waals surface area (Å²) in [4.78, 5) is 43.6. The van der Waals surface area contributed by atoms with Crippen LogP contribution in [0.4, 0.5) is 4.79 Å². The number of hydrogen-bond acceptors (Lipinski definition) is 4. The van der Waals surface area contributed by atoms with Gasteiger partial charge in [-0.15, -0.1) is 0 Å². The molecular formula is C20H25N5O3. The molecule has 2 heterocycles. The van der Waals surface area contributed by atoms with Crippen molar-refractivity contribution in [3.63, 3.8) is 0 Å². The van der Waals surface area contributed by atoms with Crippen LogP contribution < -0.4 is 10.6 Å². The Morgan fingerprint density at radius 1 is 1.29 bits per heavy atom. The fourth-order valence-electron chi connectivity index (χ4n) is 4.35. The minimum absolute atomic E-state index is 0.237. The Balaban J connectivity index is 1.47. The van der Waals surface area contributed by atoms with Gasteiger partial charge in [0.15, 0.2) is 0 Å². The Bertz CT molecular complexity index is 944. The SMILES string of the molecule is CCn1c(CNC(=O)C(C)N2C(=O)NC3(CCCC3)C2=O)nc2ccccc21. The van der Waals surface area contributed by atoms with Crippen molar-refractivity contribution < 1.29 is 14.4 Å². The maximum absolute atomic E-state index is 12.8. The van der Waals surface area contributed by atoms with Gasteiger partial charge in [0.2, 0.25) is 5.91 Å². The van der Waals surface area contributed by atoms with E-state index in [-0.39, 0.29) is 18.4 Å². The summed E-state index contributed by atoms with van der Waals surface area (Å²) in [5, 5.41) is 5.65. The zero-order valence-electron chi connectivity index (χ0n) is 16.2. The highest BCUT2D eigenvalue weighted by molar-refractivity contribution is 6.09. The van der Waals surface area contributed by atoms with E-state index in [0.29, 0.717) is 12.8 Å². The first-order valence-corrected chi connectivity index (χ1v) is 9.84. The van der Waals surface area contributed by atoms with Crippen molar-refractivity contribution in [1.82, 2.24) is 25.1 Å². The Hall–Kier alpha value is -2.90. The second-order valence-electron chi connectivity index (χ2n) is 7.55. The number of urea groups is 1. The number of carbonyl (C=O) groups excluding carboxylic acids is 3. The third-order valence-electron chi connectivity index (χ3n) is 5.89. The highest BCUT2D eigenvalue weighted by Crippen LogP contribution is 2.35. The van der Waals surface area contributed by atoms with Gasteiger partial charge in [-0.3, -0.25) is 9.59 Å². The third-order valence-corrected chi connectivity index (χ3v) is 5.89. The van der Waals surface area contributed by atoms with Gasteiger partial charge in [-0.05, 0) is 38.8 Å². The average molecular weight is 383 g/mol. The monoisotopic (exact) mass is 383 g/mol. The van der Waals surface area contributed by atoms with Crippen LogP contribution in [-0.4, -0.2) is 43.9 Å². The van der Waals surface area contributed by atoms with Crippen molar-refractivity contribution >= 4 is 28.9 Å². The van der Waals surface area contributed by atoms with Crippen LogP contribution in [0.25, 0.3) is 11.0 Å². The lowest BCUT2D eigenvalue weighted by atomic mass is 9.97. The quantitative estimate of drug-likeness (QED) is 0.771. The molecule has 0 bridgehead atoms. The average Bonchev–Trinajstić information content (AvgIpc) is 3.36. The number of nitrogens with one attached hydrogen (secondary N) is 2. The summed E-state index contributed by atoms with van der Waals surface area (Å²) in [6.45, 7) is 4.58. The molecule has 1 saturated heterocycles. The second kappa shape index (κ2) is 6.92. The molecule has 1 unspecified atom stereocenters. The molecule has 4 rings (SSSR count). The van der Waals surface area contributed by atoms with Crippen molar-refractivity contribution in [2.24, 2.45) is 0 Å².